The van der Waals surface area contributed by atoms with Gasteiger partial charge in [0, 0.05) is 0 Å². The van der Waals surface area contributed by atoms with Crippen molar-refractivity contribution in [2.75, 3.05) is 39.6 Å². The molecule has 5 N–H and O–H groups in total. The highest BCUT2D eigenvalue weighted by molar-refractivity contribution is 4.59. The highest BCUT2D eigenvalue weighted by atomic mass is 16.9. The standard InChI is InChI=1S/C6H12O3.2C5H10O3.C3H8O3/c1-4-7-5(2)9-6(3)8-4;1-4-7-2-5(6)3-8-4;1-4-7-3-5(2-6)8-4;4-1-3(6)2-5/h4-6H,1-3H3;2*4-6H,2-3H2,1H3;3-6H,1-2H2. The first-order valence-corrected chi connectivity index (χ1v) is 10.3. The zero-order valence-corrected chi connectivity index (χ0v) is 19.0. The second-order valence-corrected chi connectivity index (χ2v) is 6.86. The Balaban J connectivity index is 0.000000391. The smallest absolute Gasteiger partial charge is 0.161 e. The molecule has 2 atom stereocenters. The van der Waals surface area contributed by atoms with E-state index >= 15 is 0 Å². The predicted octanol–water partition coefficient (Wildman–Crippen LogP) is -1.10. The Labute approximate surface area is 183 Å². The minimum Gasteiger partial charge on any atom is -0.394 e. The number of ether oxygens (including phenoxy) is 7. The van der Waals surface area contributed by atoms with Crippen molar-refractivity contribution in [2.24, 2.45) is 0 Å². The first-order valence-electron chi connectivity index (χ1n) is 10.3. The molecule has 3 aliphatic heterocycles. The van der Waals surface area contributed by atoms with Gasteiger partial charge in [-0.1, -0.05) is 0 Å². The molecule has 0 radical (unpaired) electrons. The zero-order chi connectivity index (χ0) is 23.8. The van der Waals surface area contributed by atoms with Crippen molar-refractivity contribution in [2.45, 2.75) is 84.4 Å². The lowest BCUT2D eigenvalue weighted by molar-refractivity contribution is -0.367. The average molecular weight is 461 g/mol. The summed E-state index contributed by atoms with van der Waals surface area (Å²) in [5, 5.41) is 41.3. The Hall–Kier alpha value is -0.480. The summed E-state index contributed by atoms with van der Waals surface area (Å²) in [6.07, 6.45) is -2.15. The summed E-state index contributed by atoms with van der Waals surface area (Å²) in [5.41, 5.74) is 0. The molecule has 3 fully saturated rings. The third kappa shape index (κ3) is 16.8. The summed E-state index contributed by atoms with van der Waals surface area (Å²) in [6.45, 7) is 9.86. The van der Waals surface area contributed by atoms with Gasteiger partial charge in [0.05, 0.1) is 39.6 Å². The summed E-state index contributed by atoms with van der Waals surface area (Å²) in [4.78, 5) is 0. The van der Waals surface area contributed by atoms with E-state index in [4.69, 9.17) is 58.7 Å². The van der Waals surface area contributed by atoms with E-state index < -0.39 is 12.2 Å². The van der Waals surface area contributed by atoms with Crippen LogP contribution in [0.5, 0.6) is 0 Å². The number of hydrogen-bond donors (Lipinski definition) is 5. The van der Waals surface area contributed by atoms with Gasteiger partial charge in [-0.05, 0) is 34.6 Å². The van der Waals surface area contributed by atoms with Crippen molar-refractivity contribution >= 4 is 0 Å². The summed E-state index contributed by atoms with van der Waals surface area (Å²) in [6, 6.07) is 0. The molecule has 0 aromatic carbocycles. The van der Waals surface area contributed by atoms with Crippen LogP contribution < -0.4 is 0 Å². The fraction of sp³-hybridized carbons (Fsp3) is 1.00. The van der Waals surface area contributed by atoms with Gasteiger partial charge in [0.2, 0.25) is 0 Å². The molecule has 0 bridgehead atoms. The summed E-state index contributed by atoms with van der Waals surface area (Å²) in [5.74, 6) is 0. The van der Waals surface area contributed by atoms with Crippen LogP contribution in [-0.4, -0.2) is 115 Å². The van der Waals surface area contributed by atoms with Gasteiger partial charge in [-0.2, -0.15) is 0 Å². The number of rotatable bonds is 3. The quantitative estimate of drug-likeness (QED) is 0.346. The van der Waals surface area contributed by atoms with Crippen molar-refractivity contribution in [1.82, 2.24) is 0 Å². The van der Waals surface area contributed by atoms with Crippen LogP contribution in [0.1, 0.15) is 34.6 Å². The predicted molar refractivity (Wildman–Crippen MR) is 107 cm³/mol. The maximum Gasteiger partial charge on any atom is 0.161 e. The highest BCUT2D eigenvalue weighted by Gasteiger charge is 2.21. The van der Waals surface area contributed by atoms with E-state index in [0.717, 1.165) is 0 Å². The van der Waals surface area contributed by atoms with Gasteiger partial charge >= 0.3 is 0 Å². The van der Waals surface area contributed by atoms with E-state index in [9.17, 15) is 0 Å². The lowest BCUT2D eigenvalue weighted by Gasteiger charge is -2.30. The third-order valence-corrected chi connectivity index (χ3v) is 3.72. The minimum absolute atomic E-state index is 0.0599. The molecule has 3 heterocycles. The van der Waals surface area contributed by atoms with Crippen molar-refractivity contribution in [3.63, 3.8) is 0 Å². The molecule has 0 spiro atoms. The molecule has 3 saturated heterocycles. The van der Waals surface area contributed by atoms with Crippen molar-refractivity contribution in [1.29, 1.82) is 0 Å². The van der Waals surface area contributed by atoms with Crippen molar-refractivity contribution < 1.29 is 58.7 Å². The highest BCUT2D eigenvalue weighted by Crippen LogP contribution is 2.13. The first-order chi connectivity index (χ1) is 14.6. The Bertz CT molecular complexity index is 368. The normalized spacial score (nSPS) is 35.1. The van der Waals surface area contributed by atoms with Crippen LogP contribution in [0.25, 0.3) is 0 Å². The maximum atomic E-state index is 8.78. The van der Waals surface area contributed by atoms with Crippen LogP contribution in [0.4, 0.5) is 0 Å². The molecular weight excluding hydrogens is 420 g/mol. The molecule has 12 heteroatoms. The van der Waals surface area contributed by atoms with Crippen LogP contribution in [-0.2, 0) is 33.2 Å². The van der Waals surface area contributed by atoms with E-state index in [2.05, 4.69) is 0 Å². The molecule has 3 rings (SSSR count). The molecule has 0 amide bonds. The molecule has 31 heavy (non-hydrogen) atoms. The topological polar surface area (TPSA) is 166 Å². The molecule has 0 aromatic heterocycles. The second kappa shape index (κ2) is 18.0. The number of aliphatic hydroxyl groups is 5. The van der Waals surface area contributed by atoms with E-state index in [-0.39, 0.29) is 57.4 Å². The molecule has 0 saturated carbocycles. The van der Waals surface area contributed by atoms with Gasteiger partial charge in [0.25, 0.3) is 0 Å². The van der Waals surface area contributed by atoms with Gasteiger partial charge < -0.3 is 58.7 Å². The van der Waals surface area contributed by atoms with Gasteiger partial charge in [-0.3, -0.25) is 0 Å². The number of aliphatic hydroxyl groups excluding tert-OH is 5. The second-order valence-electron chi connectivity index (χ2n) is 6.86. The SMILES string of the molecule is CC1OC(C)OC(C)O1.CC1OCC(CO)O1.CC1OCC(O)CO1.OCC(O)CO. The lowest BCUT2D eigenvalue weighted by atomic mass is 10.4. The lowest BCUT2D eigenvalue weighted by Crippen LogP contribution is -2.35. The summed E-state index contributed by atoms with van der Waals surface area (Å²) < 4.78 is 35.2. The largest absolute Gasteiger partial charge is 0.394 e. The minimum atomic E-state index is -0.954. The average Bonchev–Trinajstić information content (AvgIpc) is 3.15. The molecule has 0 aromatic rings. The van der Waals surface area contributed by atoms with E-state index in [1.165, 1.54) is 0 Å². The monoisotopic (exact) mass is 460 g/mol. The Morgan fingerprint density at radius 2 is 1.06 bits per heavy atom. The molecular formula is C19H40O12. The Morgan fingerprint density at radius 3 is 1.29 bits per heavy atom. The van der Waals surface area contributed by atoms with Crippen LogP contribution in [0.2, 0.25) is 0 Å². The molecule has 12 nitrogen and oxygen atoms in total. The Kier molecular flexibility index (Phi) is 17.7. The fourth-order valence-corrected chi connectivity index (χ4v) is 2.24. The van der Waals surface area contributed by atoms with E-state index in [1.54, 1.807) is 0 Å². The summed E-state index contributed by atoms with van der Waals surface area (Å²) in [7, 11) is 0. The maximum absolute atomic E-state index is 8.78. The van der Waals surface area contributed by atoms with Gasteiger partial charge in [-0.15, -0.1) is 0 Å². The number of hydrogen-bond acceptors (Lipinski definition) is 12. The molecule has 188 valence electrons. The fourth-order valence-electron chi connectivity index (χ4n) is 2.24. The van der Waals surface area contributed by atoms with Gasteiger partial charge in [0.15, 0.2) is 31.5 Å². The third-order valence-electron chi connectivity index (χ3n) is 3.72. The molecule has 2 unspecified atom stereocenters. The molecule has 3 aliphatic rings. The zero-order valence-electron chi connectivity index (χ0n) is 19.0. The van der Waals surface area contributed by atoms with Crippen LogP contribution in [0, 0.1) is 0 Å². The van der Waals surface area contributed by atoms with Crippen LogP contribution in [0.15, 0.2) is 0 Å². The van der Waals surface area contributed by atoms with E-state index in [1.807, 2.05) is 34.6 Å². The van der Waals surface area contributed by atoms with Crippen LogP contribution >= 0.6 is 0 Å². The van der Waals surface area contributed by atoms with Crippen molar-refractivity contribution in [3.05, 3.63) is 0 Å². The Morgan fingerprint density at radius 1 is 0.645 bits per heavy atom. The first kappa shape index (κ1) is 30.5. The molecule has 0 aliphatic carbocycles. The summed E-state index contributed by atoms with van der Waals surface area (Å²) >= 11 is 0. The van der Waals surface area contributed by atoms with E-state index in [0.29, 0.717) is 19.8 Å². The van der Waals surface area contributed by atoms with Crippen molar-refractivity contribution in [3.8, 4) is 0 Å². The van der Waals surface area contributed by atoms with Gasteiger partial charge in [-0.25, -0.2) is 0 Å². The van der Waals surface area contributed by atoms with Crippen LogP contribution in [0.3, 0.4) is 0 Å². The van der Waals surface area contributed by atoms with Gasteiger partial charge in [0.1, 0.15) is 18.3 Å².